The van der Waals surface area contributed by atoms with Gasteiger partial charge >= 0.3 is 5.97 Å². The summed E-state index contributed by atoms with van der Waals surface area (Å²) in [5.74, 6) is -0.601. The quantitative estimate of drug-likeness (QED) is 0.918. The van der Waals surface area contributed by atoms with E-state index >= 15 is 0 Å². The summed E-state index contributed by atoms with van der Waals surface area (Å²) in [5.41, 5.74) is 3.27. The van der Waals surface area contributed by atoms with E-state index < -0.39 is 11.9 Å². The van der Waals surface area contributed by atoms with Gasteiger partial charge in [0.2, 0.25) is 0 Å². The van der Waals surface area contributed by atoms with Crippen LogP contribution in [0, 0.1) is 13.8 Å². The monoisotopic (exact) mass is 288 g/mol. The van der Waals surface area contributed by atoms with E-state index in [4.69, 9.17) is 4.74 Å². The van der Waals surface area contributed by atoms with Gasteiger partial charge in [0.25, 0.3) is 0 Å². The van der Waals surface area contributed by atoms with Gasteiger partial charge in [-0.25, -0.2) is 4.68 Å². The molecule has 21 heavy (non-hydrogen) atoms. The molecule has 1 aromatic carbocycles. The molecule has 0 saturated carbocycles. The summed E-state index contributed by atoms with van der Waals surface area (Å²) in [4.78, 5) is 11.2. The van der Waals surface area contributed by atoms with Crippen molar-refractivity contribution in [1.82, 2.24) is 9.78 Å². The smallest absolute Gasteiger partial charge is 0.310 e. The third-order valence-electron chi connectivity index (χ3n) is 3.54. The highest BCUT2D eigenvalue weighted by Gasteiger charge is 2.23. The van der Waals surface area contributed by atoms with Gasteiger partial charge in [-0.2, -0.15) is 5.10 Å². The molecule has 0 aliphatic carbocycles. The van der Waals surface area contributed by atoms with E-state index in [-0.39, 0.29) is 0 Å². The summed E-state index contributed by atoms with van der Waals surface area (Å²) in [7, 11) is 0. The number of carboxylic acid groups (broad SMARTS) is 1. The van der Waals surface area contributed by atoms with Gasteiger partial charge in [-0.05, 0) is 52.0 Å². The Hall–Kier alpha value is -2.30. The van der Waals surface area contributed by atoms with Gasteiger partial charge in [0, 0.05) is 11.3 Å². The molecule has 1 aromatic heterocycles. The van der Waals surface area contributed by atoms with E-state index in [9.17, 15) is 9.90 Å². The Morgan fingerprint density at radius 3 is 2.48 bits per heavy atom. The summed E-state index contributed by atoms with van der Waals surface area (Å²) < 4.78 is 7.20. The lowest BCUT2D eigenvalue weighted by Crippen LogP contribution is -2.09. The molecule has 5 heteroatoms. The minimum atomic E-state index is -0.840. The third kappa shape index (κ3) is 2.91. The lowest BCUT2D eigenvalue weighted by atomic mass is 9.99. The summed E-state index contributed by atoms with van der Waals surface area (Å²) in [5, 5.41) is 13.7. The van der Waals surface area contributed by atoms with Crippen molar-refractivity contribution in [2.24, 2.45) is 0 Å². The minimum absolute atomic E-state index is 0.568. The van der Waals surface area contributed by atoms with Crippen molar-refractivity contribution in [3.63, 3.8) is 0 Å². The maximum Gasteiger partial charge on any atom is 0.310 e. The third-order valence-corrected chi connectivity index (χ3v) is 3.54. The fourth-order valence-corrected chi connectivity index (χ4v) is 2.51. The zero-order chi connectivity index (χ0) is 15.6. The molecule has 5 nitrogen and oxygen atoms in total. The van der Waals surface area contributed by atoms with Gasteiger partial charge in [-0.3, -0.25) is 4.79 Å². The second kappa shape index (κ2) is 5.99. The molecular formula is C16H20N2O3. The van der Waals surface area contributed by atoms with E-state index in [0.29, 0.717) is 6.61 Å². The predicted molar refractivity (Wildman–Crippen MR) is 80.3 cm³/mol. The summed E-state index contributed by atoms with van der Waals surface area (Å²) in [6.07, 6.45) is 0. The lowest BCUT2D eigenvalue weighted by molar-refractivity contribution is -0.138. The largest absolute Gasteiger partial charge is 0.494 e. The van der Waals surface area contributed by atoms with Crippen LogP contribution in [-0.2, 0) is 4.79 Å². The number of ether oxygens (including phenoxy) is 1. The Balaban J connectivity index is 2.41. The highest BCUT2D eigenvalue weighted by molar-refractivity contribution is 5.76. The van der Waals surface area contributed by atoms with Crippen molar-refractivity contribution >= 4 is 5.97 Å². The molecule has 0 saturated heterocycles. The fraction of sp³-hybridized carbons (Fsp3) is 0.375. The predicted octanol–water partition coefficient (Wildman–Crippen LogP) is 3.08. The lowest BCUT2D eigenvalue weighted by Gasteiger charge is -2.09. The van der Waals surface area contributed by atoms with E-state index in [2.05, 4.69) is 5.10 Å². The number of carboxylic acids is 1. The first-order valence-corrected chi connectivity index (χ1v) is 6.97. The molecule has 0 amide bonds. The first-order valence-electron chi connectivity index (χ1n) is 6.97. The van der Waals surface area contributed by atoms with Crippen molar-refractivity contribution in [3.05, 3.63) is 41.2 Å². The average Bonchev–Trinajstić information content (AvgIpc) is 2.74. The Bertz CT molecular complexity index is 644. The minimum Gasteiger partial charge on any atom is -0.494 e. The SMILES string of the molecule is CCOc1ccc(-n2nc(C)c(C(C)C(=O)O)c2C)cc1. The first-order chi connectivity index (χ1) is 9.95. The number of benzene rings is 1. The Morgan fingerprint density at radius 1 is 1.33 bits per heavy atom. The molecule has 0 spiro atoms. The van der Waals surface area contributed by atoms with Gasteiger partial charge in [0.15, 0.2) is 0 Å². The molecule has 1 heterocycles. The number of carbonyl (C=O) groups is 1. The van der Waals surface area contributed by atoms with Crippen LogP contribution < -0.4 is 4.74 Å². The van der Waals surface area contributed by atoms with E-state index in [0.717, 1.165) is 28.4 Å². The van der Waals surface area contributed by atoms with Crippen molar-refractivity contribution in [3.8, 4) is 11.4 Å². The van der Waals surface area contributed by atoms with Crippen LogP contribution in [0.3, 0.4) is 0 Å². The normalized spacial score (nSPS) is 12.2. The molecule has 2 rings (SSSR count). The van der Waals surface area contributed by atoms with Gasteiger partial charge in [-0.1, -0.05) is 0 Å². The molecule has 0 radical (unpaired) electrons. The highest BCUT2D eigenvalue weighted by Crippen LogP contribution is 2.26. The number of hydrogen-bond donors (Lipinski definition) is 1. The number of aromatic nitrogens is 2. The first kappa shape index (κ1) is 15.1. The second-order valence-electron chi connectivity index (χ2n) is 4.98. The topological polar surface area (TPSA) is 64.4 Å². The Labute approximate surface area is 124 Å². The zero-order valence-corrected chi connectivity index (χ0v) is 12.8. The Morgan fingerprint density at radius 2 is 1.95 bits per heavy atom. The average molecular weight is 288 g/mol. The summed E-state index contributed by atoms with van der Waals surface area (Å²) in [6.45, 7) is 7.98. The van der Waals surface area contributed by atoms with Crippen LogP contribution in [-0.4, -0.2) is 27.5 Å². The van der Waals surface area contributed by atoms with Crippen molar-refractivity contribution < 1.29 is 14.6 Å². The standard InChI is InChI=1S/C16H20N2O3/c1-5-21-14-8-6-13(7-9-14)18-12(4)15(11(3)17-18)10(2)16(19)20/h6-10H,5H2,1-4H3,(H,19,20). The molecule has 0 bridgehead atoms. The molecule has 0 aliphatic rings. The van der Waals surface area contributed by atoms with Crippen molar-refractivity contribution in [2.75, 3.05) is 6.61 Å². The second-order valence-corrected chi connectivity index (χ2v) is 4.98. The van der Waals surface area contributed by atoms with Gasteiger partial charge in [0.1, 0.15) is 5.75 Å². The van der Waals surface area contributed by atoms with Crippen molar-refractivity contribution in [1.29, 1.82) is 0 Å². The molecular weight excluding hydrogens is 268 g/mol. The molecule has 0 fully saturated rings. The molecule has 112 valence electrons. The van der Waals surface area contributed by atoms with Crippen LogP contribution in [0.25, 0.3) is 5.69 Å². The van der Waals surface area contributed by atoms with E-state index in [1.165, 1.54) is 0 Å². The molecule has 0 aliphatic heterocycles. The fourth-order valence-electron chi connectivity index (χ4n) is 2.51. The van der Waals surface area contributed by atoms with Gasteiger partial charge < -0.3 is 9.84 Å². The molecule has 1 atom stereocenters. The van der Waals surface area contributed by atoms with Crippen LogP contribution in [0.4, 0.5) is 0 Å². The van der Waals surface area contributed by atoms with E-state index in [1.54, 1.807) is 11.6 Å². The molecule has 1 N–H and O–H groups in total. The maximum absolute atomic E-state index is 11.2. The van der Waals surface area contributed by atoms with Crippen molar-refractivity contribution in [2.45, 2.75) is 33.6 Å². The number of aryl methyl sites for hydroxylation is 1. The summed E-state index contributed by atoms with van der Waals surface area (Å²) >= 11 is 0. The molecule has 2 aromatic rings. The van der Waals surface area contributed by atoms with Crippen LogP contribution in [0.15, 0.2) is 24.3 Å². The number of rotatable bonds is 5. The Kier molecular flexibility index (Phi) is 4.31. The number of aliphatic carboxylic acids is 1. The van der Waals surface area contributed by atoms with Crippen LogP contribution >= 0.6 is 0 Å². The number of hydrogen-bond acceptors (Lipinski definition) is 3. The maximum atomic E-state index is 11.2. The van der Waals surface area contributed by atoms with Crippen LogP contribution in [0.5, 0.6) is 5.75 Å². The van der Waals surface area contributed by atoms with Crippen LogP contribution in [0.1, 0.15) is 36.7 Å². The van der Waals surface area contributed by atoms with Crippen LogP contribution in [0.2, 0.25) is 0 Å². The van der Waals surface area contributed by atoms with Gasteiger partial charge in [-0.15, -0.1) is 0 Å². The zero-order valence-electron chi connectivity index (χ0n) is 12.8. The molecule has 1 unspecified atom stereocenters. The summed E-state index contributed by atoms with van der Waals surface area (Å²) in [6, 6.07) is 7.60. The number of nitrogens with zero attached hydrogens (tertiary/aromatic N) is 2. The van der Waals surface area contributed by atoms with Gasteiger partial charge in [0.05, 0.1) is 23.9 Å². The highest BCUT2D eigenvalue weighted by atomic mass is 16.5. The van der Waals surface area contributed by atoms with E-state index in [1.807, 2.05) is 45.0 Å².